The molecule has 2 N–H and O–H groups in total. The Morgan fingerprint density at radius 1 is 1.03 bits per heavy atom. The van der Waals surface area contributed by atoms with Gasteiger partial charge in [-0.25, -0.2) is 0 Å². The van der Waals surface area contributed by atoms with E-state index >= 15 is 0 Å². The van der Waals surface area contributed by atoms with Crippen LogP contribution in [0.25, 0.3) is 0 Å². The lowest BCUT2D eigenvalue weighted by molar-refractivity contribution is 0.00341. The highest BCUT2D eigenvalue weighted by atomic mass is 28.4. The second-order valence-electron chi connectivity index (χ2n) is 9.22. The smallest absolute Gasteiger partial charge is 0.261 e. The van der Waals surface area contributed by atoms with E-state index in [1.807, 2.05) is 12.1 Å². The summed E-state index contributed by atoms with van der Waals surface area (Å²) >= 11 is 0. The summed E-state index contributed by atoms with van der Waals surface area (Å²) in [6, 6.07) is 21.2. The topological polar surface area (TPSA) is 49.7 Å². The zero-order valence-electron chi connectivity index (χ0n) is 17.8. The Labute approximate surface area is 176 Å². The Hall–Kier alpha value is -1.72. The van der Waals surface area contributed by atoms with Crippen LogP contribution in [0.1, 0.15) is 33.6 Å². The number of hydrogen-bond donors (Lipinski definition) is 2. The van der Waals surface area contributed by atoms with Crippen LogP contribution in [0.5, 0.6) is 0 Å². The van der Waals surface area contributed by atoms with Gasteiger partial charge in [0, 0.05) is 6.61 Å². The Bertz CT molecular complexity index is 745. The molecule has 0 aromatic heterocycles. The van der Waals surface area contributed by atoms with Gasteiger partial charge in [0.05, 0.1) is 12.2 Å². The Morgan fingerprint density at radius 2 is 1.55 bits per heavy atom. The monoisotopic (exact) mass is 410 g/mol. The minimum atomic E-state index is -2.54. The standard InChI is InChI=1S/C25H34O3Si/c1-5-12-23(26)24(27)22-17-19(22)18-28-29(25(2,3)4,20-13-8-6-9-14-20)21-15-10-7-11-16-21/h5-11,13-16,19,22-24,26-27H,1,12,17-18H2,2-4H3/t19-,22+,23?,24+/m0/s1. The lowest BCUT2D eigenvalue weighted by Crippen LogP contribution is -2.66. The van der Waals surface area contributed by atoms with Crippen molar-refractivity contribution in [1.82, 2.24) is 0 Å². The molecule has 1 saturated carbocycles. The molecule has 4 atom stereocenters. The summed E-state index contributed by atoms with van der Waals surface area (Å²) in [6.45, 7) is 11.1. The Kier molecular flexibility index (Phi) is 6.79. The fourth-order valence-electron chi connectivity index (χ4n) is 4.47. The normalized spacial score (nSPS) is 21.4. The van der Waals surface area contributed by atoms with Gasteiger partial charge >= 0.3 is 0 Å². The van der Waals surface area contributed by atoms with E-state index in [9.17, 15) is 10.2 Å². The molecule has 2 aromatic carbocycles. The quantitative estimate of drug-likeness (QED) is 0.491. The van der Waals surface area contributed by atoms with E-state index in [0.717, 1.165) is 6.42 Å². The van der Waals surface area contributed by atoms with Gasteiger partial charge in [-0.05, 0) is 40.1 Å². The maximum atomic E-state index is 10.4. The number of aliphatic hydroxyl groups is 2. The summed E-state index contributed by atoms with van der Waals surface area (Å²) in [5.74, 6) is 0.384. The predicted molar refractivity (Wildman–Crippen MR) is 122 cm³/mol. The van der Waals surface area contributed by atoms with Crippen LogP contribution in [0, 0.1) is 11.8 Å². The molecule has 0 radical (unpaired) electrons. The van der Waals surface area contributed by atoms with Crippen molar-refractivity contribution in [1.29, 1.82) is 0 Å². The molecule has 1 aliphatic rings. The van der Waals surface area contributed by atoms with Crippen molar-refractivity contribution < 1.29 is 14.6 Å². The summed E-state index contributed by atoms with van der Waals surface area (Å²) < 4.78 is 6.94. The highest BCUT2D eigenvalue weighted by molar-refractivity contribution is 6.99. The van der Waals surface area contributed by atoms with Gasteiger partial charge in [-0.15, -0.1) is 6.58 Å². The molecule has 0 bridgehead atoms. The molecule has 0 spiro atoms. The summed E-state index contributed by atoms with van der Waals surface area (Å²) in [4.78, 5) is 0. The molecule has 1 aliphatic carbocycles. The molecule has 0 saturated heterocycles. The van der Waals surface area contributed by atoms with Crippen LogP contribution in [0.4, 0.5) is 0 Å². The molecule has 1 fully saturated rings. The fourth-order valence-corrected chi connectivity index (χ4v) is 9.09. The van der Waals surface area contributed by atoms with Crippen molar-refractivity contribution in [2.75, 3.05) is 6.61 Å². The van der Waals surface area contributed by atoms with Crippen LogP contribution in [-0.2, 0) is 4.43 Å². The average Bonchev–Trinajstić information content (AvgIpc) is 3.48. The first-order valence-electron chi connectivity index (χ1n) is 10.5. The van der Waals surface area contributed by atoms with Crippen LogP contribution >= 0.6 is 0 Å². The van der Waals surface area contributed by atoms with Gasteiger partial charge in [0.15, 0.2) is 0 Å². The molecular formula is C25H34O3Si. The Balaban J connectivity index is 1.87. The predicted octanol–water partition coefficient (Wildman–Crippen LogP) is 3.50. The molecule has 2 aromatic rings. The third-order valence-electron chi connectivity index (χ3n) is 6.15. The van der Waals surface area contributed by atoms with Crippen molar-refractivity contribution in [3.05, 3.63) is 73.3 Å². The lowest BCUT2D eigenvalue weighted by Gasteiger charge is -2.43. The molecule has 0 heterocycles. The summed E-state index contributed by atoms with van der Waals surface area (Å²) in [5, 5.41) is 23.0. The van der Waals surface area contributed by atoms with E-state index in [4.69, 9.17) is 4.43 Å². The van der Waals surface area contributed by atoms with E-state index < -0.39 is 20.5 Å². The number of aliphatic hydroxyl groups excluding tert-OH is 2. The van der Waals surface area contributed by atoms with Gasteiger partial charge in [0.2, 0.25) is 0 Å². The number of hydrogen-bond acceptors (Lipinski definition) is 3. The molecule has 3 nitrogen and oxygen atoms in total. The third-order valence-corrected chi connectivity index (χ3v) is 11.2. The van der Waals surface area contributed by atoms with E-state index in [1.54, 1.807) is 6.08 Å². The first kappa shape index (κ1) is 22.0. The largest absolute Gasteiger partial charge is 0.407 e. The minimum Gasteiger partial charge on any atom is -0.407 e. The zero-order chi connectivity index (χ0) is 21.1. The van der Waals surface area contributed by atoms with E-state index in [0.29, 0.717) is 13.0 Å². The third kappa shape index (κ3) is 4.56. The second kappa shape index (κ2) is 8.96. The van der Waals surface area contributed by atoms with Gasteiger partial charge in [-0.2, -0.15) is 0 Å². The first-order valence-corrected chi connectivity index (χ1v) is 12.4. The maximum Gasteiger partial charge on any atom is 0.261 e. The van der Waals surface area contributed by atoms with Crippen molar-refractivity contribution in [3.63, 3.8) is 0 Å². The summed E-state index contributed by atoms with van der Waals surface area (Å²) in [7, 11) is -2.54. The van der Waals surface area contributed by atoms with Gasteiger partial charge in [0.1, 0.15) is 0 Å². The SMILES string of the molecule is C=CCC(O)[C@H](O)[C@@H]1C[C@H]1CO[Si](c1ccccc1)(c1ccccc1)C(C)(C)C. The van der Waals surface area contributed by atoms with Crippen molar-refractivity contribution in [2.24, 2.45) is 11.8 Å². The van der Waals surface area contributed by atoms with Crippen LogP contribution in [0.15, 0.2) is 73.3 Å². The van der Waals surface area contributed by atoms with Gasteiger partial charge < -0.3 is 14.6 Å². The average molecular weight is 411 g/mol. The molecule has 29 heavy (non-hydrogen) atoms. The summed E-state index contributed by atoms with van der Waals surface area (Å²) in [5.41, 5.74) is 0. The molecular weight excluding hydrogens is 376 g/mol. The lowest BCUT2D eigenvalue weighted by atomic mass is 10.1. The van der Waals surface area contributed by atoms with E-state index in [-0.39, 0.29) is 16.9 Å². The highest BCUT2D eigenvalue weighted by Crippen LogP contribution is 2.45. The van der Waals surface area contributed by atoms with Gasteiger partial charge in [0.25, 0.3) is 8.32 Å². The number of benzene rings is 2. The van der Waals surface area contributed by atoms with Crippen molar-refractivity contribution in [2.45, 2.75) is 50.9 Å². The van der Waals surface area contributed by atoms with E-state index in [2.05, 4.69) is 75.9 Å². The Morgan fingerprint density at radius 3 is 2.00 bits per heavy atom. The molecule has 4 heteroatoms. The van der Waals surface area contributed by atoms with Crippen LogP contribution in [0.3, 0.4) is 0 Å². The highest BCUT2D eigenvalue weighted by Gasteiger charge is 2.52. The molecule has 0 amide bonds. The van der Waals surface area contributed by atoms with E-state index in [1.165, 1.54) is 10.4 Å². The second-order valence-corrected chi connectivity index (χ2v) is 13.5. The first-order chi connectivity index (χ1) is 13.8. The van der Waals surface area contributed by atoms with Crippen molar-refractivity contribution in [3.8, 4) is 0 Å². The zero-order valence-corrected chi connectivity index (χ0v) is 18.8. The van der Waals surface area contributed by atoms with Gasteiger partial charge in [-0.1, -0.05) is 87.5 Å². The molecule has 0 aliphatic heterocycles. The van der Waals surface area contributed by atoms with Crippen molar-refractivity contribution >= 4 is 18.7 Å². The minimum absolute atomic E-state index is 0.0545. The fraction of sp³-hybridized carbons (Fsp3) is 0.440. The van der Waals surface area contributed by atoms with Gasteiger partial charge in [-0.3, -0.25) is 0 Å². The molecule has 1 unspecified atom stereocenters. The molecule has 156 valence electrons. The summed E-state index contributed by atoms with van der Waals surface area (Å²) in [6.07, 6.45) is 1.52. The molecule has 3 rings (SSSR count). The number of rotatable bonds is 9. The van der Waals surface area contributed by atoms with Crippen LogP contribution in [0.2, 0.25) is 5.04 Å². The van der Waals surface area contributed by atoms with Crippen LogP contribution < -0.4 is 10.4 Å². The van der Waals surface area contributed by atoms with Crippen LogP contribution in [-0.4, -0.2) is 37.3 Å². The maximum absolute atomic E-state index is 10.4.